The van der Waals surface area contributed by atoms with Crippen molar-refractivity contribution in [3.05, 3.63) is 71.4 Å². The van der Waals surface area contributed by atoms with E-state index >= 15 is 0 Å². The zero-order valence-corrected chi connectivity index (χ0v) is 13.8. The Morgan fingerprint density at radius 2 is 1.81 bits per heavy atom. The van der Waals surface area contributed by atoms with E-state index in [2.05, 4.69) is 10.5 Å². The number of aromatic nitrogens is 1. The average Bonchev–Trinajstić information content (AvgIpc) is 3.03. The monoisotopic (exact) mass is 360 g/mol. The van der Waals surface area contributed by atoms with Crippen molar-refractivity contribution in [2.24, 2.45) is 0 Å². The number of benzene rings is 2. The van der Waals surface area contributed by atoms with Crippen molar-refractivity contribution in [3.63, 3.8) is 0 Å². The van der Waals surface area contributed by atoms with Crippen LogP contribution < -0.4 is 5.32 Å². The van der Waals surface area contributed by atoms with Crippen molar-refractivity contribution in [2.75, 3.05) is 5.32 Å². The second-order valence-corrected chi connectivity index (χ2v) is 5.82. The lowest BCUT2D eigenvalue weighted by Crippen LogP contribution is -2.18. The minimum absolute atomic E-state index is 0.193. The van der Waals surface area contributed by atoms with Crippen LogP contribution in [0.1, 0.15) is 16.8 Å². The second-order valence-electron chi connectivity index (χ2n) is 5.82. The van der Waals surface area contributed by atoms with E-state index in [0.717, 1.165) is 17.2 Å². The summed E-state index contributed by atoms with van der Waals surface area (Å²) < 4.78 is 44.1. The molecule has 0 bridgehead atoms. The molecule has 3 aromatic rings. The van der Waals surface area contributed by atoms with Crippen LogP contribution in [0.25, 0.3) is 11.3 Å². The van der Waals surface area contributed by atoms with E-state index in [1.54, 1.807) is 6.07 Å². The van der Waals surface area contributed by atoms with Gasteiger partial charge in [0.05, 0.1) is 23.4 Å². The number of anilines is 1. The number of alkyl halides is 3. The molecule has 0 unspecified atom stereocenters. The molecular weight excluding hydrogens is 345 g/mol. The highest BCUT2D eigenvalue weighted by atomic mass is 19.4. The molecule has 0 saturated carbocycles. The number of hydrogen-bond donors (Lipinski definition) is 1. The normalized spacial score (nSPS) is 11.4. The summed E-state index contributed by atoms with van der Waals surface area (Å²) in [6.45, 7) is 1.96. The van der Waals surface area contributed by atoms with Crippen molar-refractivity contribution < 1.29 is 22.5 Å². The van der Waals surface area contributed by atoms with Crippen molar-refractivity contribution in [2.45, 2.75) is 19.5 Å². The Hall–Kier alpha value is -3.09. The van der Waals surface area contributed by atoms with Crippen LogP contribution in [-0.4, -0.2) is 11.1 Å². The smallest absolute Gasteiger partial charge is 0.356 e. The standard InChI is InChI=1S/C19H15F3N2O2/c1-12-6-8-13(9-7-12)17-10-14(24-26-17)11-18(25)23-16-5-3-2-4-15(16)19(20,21)22/h2-10H,11H2,1H3,(H,23,25). The van der Waals surface area contributed by atoms with E-state index in [4.69, 9.17) is 4.52 Å². The molecule has 0 aliphatic rings. The molecule has 0 radical (unpaired) electrons. The van der Waals surface area contributed by atoms with Gasteiger partial charge in [0.1, 0.15) is 0 Å². The molecule has 0 saturated heterocycles. The van der Waals surface area contributed by atoms with Crippen LogP contribution in [0.5, 0.6) is 0 Å². The Morgan fingerprint density at radius 3 is 2.50 bits per heavy atom. The molecule has 1 N–H and O–H groups in total. The van der Waals surface area contributed by atoms with Gasteiger partial charge in [-0.3, -0.25) is 4.79 Å². The molecule has 0 aliphatic heterocycles. The zero-order chi connectivity index (χ0) is 18.7. The Morgan fingerprint density at radius 1 is 1.12 bits per heavy atom. The quantitative estimate of drug-likeness (QED) is 0.724. The summed E-state index contributed by atoms with van der Waals surface area (Å²) in [7, 11) is 0. The number of carbonyl (C=O) groups is 1. The molecule has 26 heavy (non-hydrogen) atoms. The molecule has 0 fully saturated rings. The van der Waals surface area contributed by atoms with E-state index in [9.17, 15) is 18.0 Å². The van der Waals surface area contributed by atoms with Gasteiger partial charge >= 0.3 is 6.18 Å². The molecule has 1 heterocycles. The van der Waals surface area contributed by atoms with Gasteiger partial charge in [-0.25, -0.2) is 0 Å². The maximum atomic E-state index is 13.0. The predicted octanol–water partition coefficient (Wildman–Crippen LogP) is 4.85. The number of nitrogens with zero attached hydrogens (tertiary/aromatic N) is 1. The van der Waals surface area contributed by atoms with Gasteiger partial charge in [0.15, 0.2) is 5.76 Å². The van der Waals surface area contributed by atoms with Gasteiger partial charge in [-0.15, -0.1) is 0 Å². The fourth-order valence-electron chi connectivity index (χ4n) is 2.45. The van der Waals surface area contributed by atoms with E-state index < -0.39 is 17.6 Å². The first-order valence-electron chi connectivity index (χ1n) is 7.81. The highest BCUT2D eigenvalue weighted by molar-refractivity contribution is 5.93. The van der Waals surface area contributed by atoms with Gasteiger partial charge in [0.2, 0.25) is 5.91 Å². The summed E-state index contributed by atoms with van der Waals surface area (Å²) in [6.07, 6.45) is -4.74. The molecule has 1 amide bonds. The Kier molecular flexibility index (Phi) is 4.79. The molecule has 3 rings (SSSR count). The van der Waals surface area contributed by atoms with E-state index in [-0.39, 0.29) is 12.1 Å². The van der Waals surface area contributed by atoms with Crippen molar-refractivity contribution in [1.29, 1.82) is 0 Å². The van der Waals surface area contributed by atoms with Crippen LogP contribution in [0.4, 0.5) is 18.9 Å². The van der Waals surface area contributed by atoms with Crippen LogP contribution in [0.2, 0.25) is 0 Å². The van der Waals surface area contributed by atoms with E-state index in [1.165, 1.54) is 18.2 Å². The maximum Gasteiger partial charge on any atom is 0.418 e. The van der Waals surface area contributed by atoms with Crippen LogP contribution >= 0.6 is 0 Å². The van der Waals surface area contributed by atoms with Crippen LogP contribution in [0.3, 0.4) is 0 Å². The molecule has 1 aromatic heterocycles. The fraction of sp³-hybridized carbons (Fsp3) is 0.158. The van der Waals surface area contributed by atoms with Crippen molar-refractivity contribution in [3.8, 4) is 11.3 Å². The van der Waals surface area contributed by atoms with Crippen LogP contribution in [0.15, 0.2) is 59.1 Å². The summed E-state index contributed by atoms with van der Waals surface area (Å²) in [5.74, 6) is -0.117. The lowest BCUT2D eigenvalue weighted by molar-refractivity contribution is -0.137. The summed E-state index contributed by atoms with van der Waals surface area (Å²) in [4.78, 5) is 12.1. The van der Waals surface area contributed by atoms with Gasteiger partial charge in [0, 0.05) is 11.6 Å². The topological polar surface area (TPSA) is 55.1 Å². The Bertz CT molecular complexity index is 915. The minimum atomic E-state index is -4.55. The lowest BCUT2D eigenvalue weighted by Gasteiger charge is -2.13. The van der Waals surface area contributed by atoms with Crippen LogP contribution in [-0.2, 0) is 17.4 Å². The second kappa shape index (κ2) is 7.03. The Balaban J connectivity index is 1.71. The number of aryl methyl sites for hydroxylation is 1. The summed E-state index contributed by atoms with van der Waals surface area (Å²) >= 11 is 0. The SMILES string of the molecule is Cc1ccc(-c2cc(CC(=O)Nc3ccccc3C(F)(F)F)no2)cc1. The minimum Gasteiger partial charge on any atom is -0.356 e. The third-order valence-electron chi connectivity index (χ3n) is 3.74. The average molecular weight is 360 g/mol. The number of hydrogen-bond acceptors (Lipinski definition) is 3. The lowest BCUT2D eigenvalue weighted by atomic mass is 10.1. The van der Waals surface area contributed by atoms with E-state index in [0.29, 0.717) is 11.5 Å². The van der Waals surface area contributed by atoms with Gasteiger partial charge < -0.3 is 9.84 Å². The molecule has 0 aliphatic carbocycles. The number of rotatable bonds is 4. The zero-order valence-electron chi connectivity index (χ0n) is 13.8. The number of halogens is 3. The third kappa shape index (κ3) is 4.11. The first-order valence-corrected chi connectivity index (χ1v) is 7.81. The molecule has 0 spiro atoms. The summed E-state index contributed by atoms with van der Waals surface area (Å²) in [5, 5.41) is 6.09. The highest BCUT2D eigenvalue weighted by Crippen LogP contribution is 2.34. The molecule has 4 nitrogen and oxygen atoms in total. The molecule has 7 heteroatoms. The Labute approximate surface area is 147 Å². The highest BCUT2D eigenvalue weighted by Gasteiger charge is 2.33. The largest absolute Gasteiger partial charge is 0.418 e. The van der Waals surface area contributed by atoms with Gasteiger partial charge in [0.25, 0.3) is 0 Å². The third-order valence-corrected chi connectivity index (χ3v) is 3.74. The summed E-state index contributed by atoms with van der Waals surface area (Å²) in [5.41, 5.74) is 1.05. The van der Waals surface area contributed by atoms with Crippen molar-refractivity contribution >= 4 is 11.6 Å². The molecule has 2 aromatic carbocycles. The van der Waals surface area contributed by atoms with E-state index in [1.807, 2.05) is 31.2 Å². The number of nitrogens with one attached hydrogen (secondary N) is 1. The molecular formula is C19H15F3N2O2. The fourth-order valence-corrected chi connectivity index (χ4v) is 2.45. The first-order chi connectivity index (χ1) is 12.3. The molecule has 0 atom stereocenters. The first kappa shape index (κ1) is 17.7. The maximum absolute atomic E-state index is 13.0. The number of amides is 1. The van der Waals surface area contributed by atoms with Gasteiger partial charge in [-0.2, -0.15) is 13.2 Å². The van der Waals surface area contributed by atoms with Crippen LogP contribution in [0, 0.1) is 6.92 Å². The number of carbonyl (C=O) groups excluding carboxylic acids is 1. The summed E-state index contributed by atoms with van der Waals surface area (Å²) in [6, 6.07) is 14.0. The van der Waals surface area contributed by atoms with Gasteiger partial charge in [-0.05, 0) is 19.1 Å². The van der Waals surface area contributed by atoms with Gasteiger partial charge in [-0.1, -0.05) is 47.1 Å². The number of para-hydroxylation sites is 1. The molecule has 134 valence electrons. The van der Waals surface area contributed by atoms with Crippen molar-refractivity contribution in [1.82, 2.24) is 5.16 Å². The predicted molar refractivity (Wildman–Crippen MR) is 90.5 cm³/mol.